The quantitative estimate of drug-likeness (QED) is 0.376. The molecule has 8 nitrogen and oxygen atoms in total. The number of amides is 1. The SMILES string of the molecule is CCCCN(CCCC)C(=O)CN1C[C@H](c2ccc3c(c2)CCO3)[C@@H](C(=O)O)[C@@H]1CCN1c2ccccc2CC1O. The summed E-state index contributed by atoms with van der Waals surface area (Å²) in [7, 11) is 0. The molecule has 3 heterocycles. The zero-order valence-electron chi connectivity index (χ0n) is 24.5. The van der Waals surface area contributed by atoms with Crippen molar-refractivity contribution in [3.63, 3.8) is 0 Å². The van der Waals surface area contributed by atoms with Gasteiger partial charge in [0.2, 0.25) is 5.91 Å². The Morgan fingerprint density at radius 3 is 2.54 bits per heavy atom. The summed E-state index contributed by atoms with van der Waals surface area (Å²) in [6.07, 6.45) is 5.28. The van der Waals surface area contributed by atoms with E-state index in [1.807, 2.05) is 46.2 Å². The van der Waals surface area contributed by atoms with Gasteiger partial charge in [-0.25, -0.2) is 0 Å². The number of para-hydroxylation sites is 1. The summed E-state index contributed by atoms with van der Waals surface area (Å²) >= 11 is 0. The number of aliphatic hydroxyl groups excluding tert-OH is 1. The first-order valence-electron chi connectivity index (χ1n) is 15.4. The summed E-state index contributed by atoms with van der Waals surface area (Å²) in [5.74, 6) is -0.755. The number of carbonyl (C=O) groups is 2. The maximum absolute atomic E-state index is 13.7. The average Bonchev–Trinajstić information content (AvgIpc) is 3.66. The van der Waals surface area contributed by atoms with Gasteiger partial charge < -0.3 is 24.7 Å². The number of unbranched alkanes of at least 4 members (excludes halogenated alkanes) is 2. The number of hydrogen-bond acceptors (Lipinski definition) is 6. The highest BCUT2D eigenvalue weighted by atomic mass is 16.5. The van der Waals surface area contributed by atoms with Gasteiger partial charge in [-0.1, -0.05) is 57.0 Å². The van der Waals surface area contributed by atoms with E-state index in [1.54, 1.807) is 0 Å². The molecule has 1 saturated heterocycles. The second-order valence-electron chi connectivity index (χ2n) is 11.8. The number of rotatable bonds is 13. The number of hydrogen-bond donors (Lipinski definition) is 2. The molecule has 2 N–H and O–H groups in total. The summed E-state index contributed by atoms with van der Waals surface area (Å²) in [6, 6.07) is 13.8. The van der Waals surface area contributed by atoms with Crippen LogP contribution >= 0.6 is 0 Å². The van der Waals surface area contributed by atoms with Crippen LogP contribution in [0.3, 0.4) is 0 Å². The van der Waals surface area contributed by atoms with Crippen LogP contribution < -0.4 is 9.64 Å². The summed E-state index contributed by atoms with van der Waals surface area (Å²) in [5, 5.41) is 21.4. The molecule has 2 aromatic carbocycles. The van der Waals surface area contributed by atoms with Crippen LogP contribution in [0.25, 0.3) is 0 Å². The van der Waals surface area contributed by atoms with E-state index in [9.17, 15) is 19.8 Å². The summed E-state index contributed by atoms with van der Waals surface area (Å²) in [5.41, 5.74) is 4.24. The molecule has 222 valence electrons. The molecule has 0 aromatic heterocycles. The Bertz CT molecular complexity index is 1210. The molecular weight excluding hydrogens is 518 g/mol. The fraction of sp³-hybridized carbons (Fsp3) is 0.576. The van der Waals surface area contributed by atoms with E-state index in [2.05, 4.69) is 24.8 Å². The van der Waals surface area contributed by atoms with E-state index in [-0.39, 0.29) is 24.4 Å². The Labute approximate surface area is 243 Å². The lowest BCUT2D eigenvalue weighted by molar-refractivity contribution is -0.143. The number of carboxylic acids is 1. The van der Waals surface area contributed by atoms with Crippen LogP contribution in [-0.4, -0.2) is 83.5 Å². The summed E-state index contributed by atoms with van der Waals surface area (Å²) in [6.45, 7) is 7.65. The molecular formula is C33H45N3O5. The molecule has 0 radical (unpaired) electrons. The zero-order valence-corrected chi connectivity index (χ0v) is 24.5. The predicted octanol–water partition coefficient (Wildman–Crippen LogP) is 4.29. The number of carboxylic acid groups (broad SMARTS) is 1. The van der Waals surface area contributed by atoms with Crippen molar-refractivity contribution < 1.29 is 24.5 Å². The molecule has 8 heteroatoms. The van der Waals surface area contributed by atoms with Gasteiger partial charge >= 0.3 is 5.97 Å². The van der Waals surface area contributed by atoms with E-state index in [1.165, 1.54) is 0 Å². The fourth-order valence-corrected chi connectivity index (χ4v) is 6.93. The highest BCUT2D eigenvalue weighted by Crippen LogP contribution is 2.42. The lowest BCUT2D eigenvalue weighted by atomic mass is 9.83. The Hall–Kier alpha value is -3.10. The molecule has 0 bridgehead atoms. The Morgan fingerprint density at radius 1 is 1.05 bits per heavy atom. The van der Waals surface area contributed by atoms with Gasteiger partial charge in [-0.3, -0.25) is 14.5 Å². The number of anilines is 1. The Kier molecular flexibility index (Phi) is 9.50. The first kappa shape index (κ1) is 29.4. The molecule has 3 aliphatic rings. The number of ether oxygens (including phenoxy) is 1. The van der Waals surface area contributed by atoms with Crippen molar-refractivity contribution in [2.24, 2.45) is 5.92 Å². The Morgan fingerprint density at radius 2 is 1.80 bits per heavy atom. The lowest BCUT2D eigenvalue weighted by Gasteiger charge is -2.32. The van der Waals surface area contributed by atoms with Crippen LogP contribution in [0.5, 0.6) is 5.75 Å². The molecule has 1 amide bonds. The third-order valence-electron chi connectivity index (χ3n) is 9.16. The largest absolute Gasteiger partial charge is 0.493 e. The van der Waals surface area contributed by atoms with Gasteiger partial charge in [0.05, 0.1) is 19.1 Å². The second-order valence-corrected chi connectivity index (χ2v) is 11.8. The van der Waals surface area contributed by atoms with E-state index in [0.717, 1.165) is 73.3 Å². The van der Waals surface area contributed by atoms with Crippen LogP contribution in [-0.2, 0) is 22.4 Å². The number of aliphatic hydroxyl groups is 1. The standard InChI is InChI=1S/C33H45N3O5/c1-3-5-15-34(16-6-4-2)31(38)22-35-21-26(23-11-12-29-25(19-23)14-18-41-29)32(33(39)40)28(35)13-17-36-27-10-8-7-9-24(27)20-30(36)37/h7-12,19,26,28,30,32,37H,3-6,13-18,20-22H2,1-2H3,(H,39,40)/t26-,28+,30?,32-/m1/s1. The lowest BCUT2D eigenvalue weighted by Crippen LogP contribution is -2.46. The minimum absolute atomic E-state index is 0.0793. The number of fused-ring (bicyclic) bond motifs is 2. The highest BCUT2D eigenvalue weighted by Gasteiger charge is 2.47. The van der Waals surface area contributed by atoms with Crippen LogP contribution in [0.1, 0.15) is 68.6 Å². The van der Waals surface area contributed by atoms with Crippen LogP contribution in [0.15, 0.2) is 42.5 Å². The summed E-state index contributed by atoms with van der Waals surface area (Å²) in [4.78, 5) is 32.7. The smallest absolute Gasteiger partial charge is 0.308 e. The van der Waals surface area contributed by atoms with E-state index in [0.29, 0.717) is 32.5 Å². The topological polar surface area (TPSA) is 93.5 Å². The third-order valence-corrected chi connectivity index (χ3v) is 9.16. The normalized spacial score (nSPS) is 23.3. The number of carbonyl (C=O) groups excluding carboxylic acids is 1. The first-order chi connectivity index (χ1) is 19.9. The van der Waals surface area contributed by atoms with E-state index in [4.69, 9.17) is 4.74 Å². The van der Waals surface area contributed by atoms with Gasteiger partial charge in [0.15, 0.2) is 0 Å². The molecule has 1 fully saturated rings. The monoisotopic (exact) mass is 563 g/mol. The number of nitrogens with zero attached hydrogens (tertiary/aromatic N) is 3. The van der Waals surface area contributed by atoms with Crippen LogP contribution in [0.2, 0.25) is 0 Å². The maximum Gasteiger partial charge on any atom is 0.308 e. The zero-order chi connectivity index (χ0) is 28.9. The number of aliphatic carboxylic acids is 1. The first-order valence-corrected chi connectivity index (χ1v) is 15.4. The third kappa shape index (κ3) is 6.38. The van der Waals surface area contributed by atoms with Crippen molar-refractivity contribution in [1.29, 1.82) is 0 Å². The molecule has 2 aromatic rings. The maximum atomic E-state index is 13.7. The minimum atomic E-state index is -0.831. The highest BCUT2D eigenvalue weighted by molar-refractivity contribution is 5.79. The summed E-state index contributed by atoms with van der Waals surface area (Å²) < 4.78 is 5.70. The van der Waals surface area contributed by atoms with Crippen molar-refractivity contribution in [1.82, 2.24) is 9.80 Å². The van der Waals surface area contributed by atoms with Crippen molar-refractivity contribution in [2.45, 2.75) is 77.0 Å². The minimum Gasteiger partial charge on any atom is -0.493 e. The van der Waals surface area contributed by atoms with Gasteiger partial charge in [-0.15, -0.1) is 0 Å². The van der Waals surface area contributed by atoms with Gasteiger partial charge in [0, 0.05) is 56.7 Å². The van der Waals surface area contributed by atoms with Gasteiger partial charge in [-0.2, -0.15) is 0 Å². The van der Waals surface area contributed by atoms with E-state index >= 15 is 0 Å². The predicted molar refractivity (Wildman–Crippen MR) is 159 cm³/mol. The molecule has 5 rings (SSSR count). The molecule has 3 aliphatic heterocycles. The molecule has 0 aliphatic carbocycles. The van der Waals surface area contributed by atoms with Crippen LogP contribution in [0.4, 0.5) is 5.69 Å². The average molecular weight is 564 g/mol. The molecule has 0 spiro atoms. The molecule has 1 unspecified atom stereocenters. The van der Waals surface area contributed by atoms with Crippen LogP contribution in [0, 0.1) is 5.92 Å². The van der Waals surface area contributed by atoms with Gasteiger partial charge in [-0.05, 0) is 48.1 Å². The number of benzene rings is 2. The van der Waals surface area contributed by atoms with E-state index < -0.39 is 18.1 Å². The van der Waals surface area contributed by atoms with Gasteiger partial charge in [0.1, 0.15) is 12.0 Å². The number of likely N-dealkylation sites (tertiary alicyclic amines) is 1. The van der Waals surface area contributed by atoms with Crippen molar-refractivity contribution >= 4 is 17.6 Å². The molecule has 4 atom stereocenters. The fourth-order valence-electron chi connectivity index (χ4n) is 6.93. The molecule has 0 saturated carbocycles. The molecule has 41 heavy (non-hydrogen) atoms. The second kappa shape index (κ2) is 13.3. The van der Waals surface area contributed by atoms with Crippen molar-refractivity contribution in [3.8, 4) is 5.75 Å². The van der Waals surface area contributed by atoms with Crippen molar-refractivity contribution in [2.75, 3.05) is 44.2 Å². The Balaban J connectivity index is 1.41. The van der Waals surface area contributed by atoms with Crippen molar-refractivity contribution in [3.05, 3.63) is 59.2 Å². The van der Waals surface area contributed by atoms with Gasteiger partial charge in [0.25, 0.3) is 0 Å².